The summed E-state index contributed by atoms with van der Waals surface area (Å²) >= 11 is 6.04. The molecule has 0 aromatic heterocycles. The van der Waals surface area contributed by atoms with E-state index in [0.29, 0.717) is 31.3 Å². The first-order valence-corrected chi connectivity index (χ1v) is 12.6. The second-order valence-electron chi connectivity index (χ2n) is 10.9. The molecule has 3 saturated carbocycles. The van der Waals surface area contributed by atoms with Gasteiger partial charge in [-0.25, -0.2) is 4.39 Å². The number of carbonyl (C=O) groups excluding carboxylic acids is 3. The summed E-state index contributed by atoms with van der Waals surface area (Å²) in [5.74, 6) is -2.52. The van der Waals surface area contributed by atoms with Crippen LogP contribution in [-0.2, 0) is 19.1 Å². The molecule has 8 atom stereocenters. The molecule has 1 N–H and O–H groups in total. The predicted molar refractivity (Wildman–Crippen MR) is 122 cm³/mol. The summed E-state index contributed by atoms with van der Waals surface area (Å²) in [6.07, 6.45) is 5.33. The number of aliphatic hydroxyl groups excluding tert-OH is 1. The summed E-state index contributed by atoms with van der Waals surface area (Å²) in [4.78, 5) is 38.0. The summed E-state index contributed by atoms with van der Waals surface area (Å²) in [6, 6.07) is 0. The van der Waals surface area contributed by atoms with Gasteiger partial charge in [0.25, 0.3) is 0 Å². The highest BCUT2D eigenvalue weighted by atomic mass is 35.5. The Bertz CT molecular complexity index is 945. The Balaban J connectivity index is 1.83. The van der Waals surface area contributed by atoms with E-state index in [2.05, 4.69) is 0 Å². The zero-order valence-corrected chi connectivity index (χ0v) is 20.6. The third kappa shape index (κ3) is 3.02. The molecule has 0 amide bonds. The molecule has 5 nitrogen and oxygen atoms in total. The molecule has 4 aliphatic rings. The molecule has 0 aromatic carbocycles. The Morgan fingerprint density at radius 3 is 2.64 bits per heavy atom. The van der Waals surface area contributed by atoms with Gasteiger partial charge in [0.2, 0.25) is 0 Å². The minimum Gasteiger partial charge on any atom is -0.450 e. The van der Waals surface area contributed by atoms with E-state index in [-0.39, 0.29) is 42.1 Å². The normalized spacial score (nSPS) is 46.2. The van der Waals surface area contributed by atoms with Gasteiger partial charge in [-0.05, 0) is 57.1 Å². The van der Waals surface area contributed by atoms with Crippen molar-refractivity contribution in [1.82, 2.24) is 0 Å². The molecule has 182 valence electrons. The first kappa shape index (κ1) is 24.6. The number of esters is 1. The zero-order chi connectivity index (χ0) is 24.4. The van der Waals surface area contributed by atoms with E-state index in [1.165, 1.54) is 12.2 Å². The van der Waals surface area contributed by atoms with Crippen LogP contribution in [0.5, 0.6) is 0 Å². The second-order valence-corrected chi connectivity index (χ2v) is 11.2. The third-order valence-corrected chi connectivity index (χ3v) is 9.69. The van der Waals surface area contributed by atoms with E-state index in [1.807, 2.05) is 20.8 Å². The molecule has 0 aliphatic heterocycles. The van der Waals surface area contributed by atoms with Gasteiger partial charge in [-0.3, -0.25) is 14.4 Å². The first-order chi connectivity index (χ1) is 15.4. The number of ketones is 2. The average Bonchev–Trinajstić information content (AvgIpc) is 2.97. The van der Waals surface area contributed by atoms with Crippen LogP contribution in [0.1, 0.15) is 66.2 Å². The fraction of sp³-hybridized carbons (Fsp3) is 0.731. The lowest BCUT2D eigenvalue weighted by Gasteiger charge is -2.62. The fourth-order valence-corrected chi connectivity index (χ4v) is 8.13. The molecule has 33 heavy (non-hydrogen) atoms. The maximum atomic E-state index is 17.2. The molecule has 4 aliphatic carbocycles. The third-order valence-electron chi connectivity index (χ3n) is 9.45. The molecule has 0 radical (unpaired) electrons. The number of ether oxygens (including phenoxy) is 1. The van der Waals surface area contributed by atoms with Crippen LogP contribution in [0.3, 0.4) is 0 Å². The monoisotopic (exact) mass is 480 g/mol. The van der Waals surface area contributed by atoms with Crippen LogP contribution >= 0.6 is 11.6 Å². The van der Waals surface area contributed by atoms with Crippen LogP contribution in [0.15, 0.2) is 23.8 Å². The van der Waals surface area contributed by atoms with Crippen molar-refractivity contribution in [1.29, 1.82) is 0 Å². The van der Waals surface area contributed by atoms with Gasteiger partial charge in [-0.2, -0.15) is 0 Å². The largest absolute Gasteiger partial charge is 0.450 e. The van der Waals surface area contributed by atoms with E-state index >= 15 is 4.39 Å². The summed E-state index contributed by atoms with van der Waals surface area (Å²) in [7, 11) is 0. The number of rotatable bonds is 5. The molecule has 7 heteroatoms. The molecule has 4 rings (SSSR count). The maximum Gasteiger partial charge on any atom is 0.306 e. The maximum absolute atomic E-state index is 17.2. The van der Waals surface area contributed by atoms with Gasteiger partial charge < -0.3 is 9.84 Å². The van der Waals surface area contributed by atoms with Crippen molar-refractivity contribution in [2.75, 3.05) is 5.88 Å². The standard InChI is InChI=1S/C26H34ClFO5/c1-5-6-22(32)33-26(21(31)14-27)15(2)11-19-18-8-7-16-12-17(29)9-10-23(16,3)25(18,28)20(30)13-24(19,26)4/h9-10,12,15,18-20,30H,5-8,11,13-14H2,1-4H3/t15-,18+,19+,20+,23+,24+,25+,26+/m1/s1. The Labute approximate surface area is 199 Å². The van der Waals surface area contributed by atoms with Crippen LogP contribution in [0.2, 0.25) is 0 Å². The fourth-order valence-electron chi connectivity index (χ4n) is 7.93. The number of hydrogen-bond acceptors (Lipinski definition) is 5. The molecule has 0 saturated heterocycles. The number of carbonyl (C=O) groups is 3. The van der Waals surface area contributed by atoms with Crippen molar-refractivity contribution in [2.45, 2.75) is 83.6 Å². The van der Waals surface area contributed by atoms with Gasteiger partial charge in [0.05, 0.1) is 12.0 Å². The van der Waals surface area contributed by atoms with E-state index in [4.69, 9.17) is 16.3 Å². The van der Waals surface area contributed by atoms with E-state index in [1.54, 1.807) is 13.0 Å². The van der Waals surface area contributed by atoms with Crippen molar-refractivity contribution >= 4 is 29.1 Å². The summed E-state index contributed by atoms with van der Waals surface area (Å²) in [6.45, 7) is 7.35. The Hall–Kier alpha value is -1.53. The molecule has 0 unspecified atom stereocenters. The van der Waals surface area contributed by atoms with Gasteiger partial charge >= 0.3 is 5.97 Å². The molecular weight excluding hydrogens is 447 g/mol. The highest BCUT2D eigenvalue weighted by molar-refractivity contribution is 6.29. The van der Waals surface area contributed by atoms with Gasteiger partial charge in [0.15, 0.2) is 22.8 Å². The molecule has 0 bridgehead atoms. The van der Waals surface area contributed by atoms with Gasteiger partial charge in [-0.15, -0.1) is 11.6 Å². The van der Waals surface area contributed by atoms with Crippen LogP contribution in [-0.4, -0.2) is 45.9 Å². The number of hydrogen-bond donors (Lipinski definition) is 1. The first-order valence-electron chi connectivity index (χ1n) is 12.0. The molecule has 3 fully saturated rings. The second kappa shape index (κ2) is 8.01. The predicted octanol–water partition coefficient (Wildman–Crippen LogP) is 4.49. The topological polar surface area (TPSA) is 80.7 Å². The highest BCUT2D eigenvalue weighted by Gasteiger charge is 2.77. The van der Waals surface area contributed by atoms with Crippen molar-refractivity contribution in [3.05, 3.63) is 23.8 Å². The van der Waals surface area contributed by atoms with E-state index in [0.717, 1.165) is 0 Å². The van der Waals surface area contributed by atoms with Crippen LogP contribution in [0.4, 0.5) is 4.39 Å². The van der Waals surface area contributed by atoms with Crippen LogP contribution in [0.25, 0.3) is 0 Å². The number of halogens is 2. The lowest BCUT2D eigenvalue weighted by atomic mass is 9.44. The van der Waals surface area contributed by atoms with E-state index < -0.39 is 40.1 Å². The molecular formula is C26H34ClFO5. The van der Waals surface area contributed by atoms with Crippen molar-refractivity contribution < 1.29 is 28.6 Å². The van der Waals surface area contributed by atoms with Crippen molar-refractivity contribution in [3.63, 3.8) is 0 Å². The number of aliphatic hydroxyl groups is 1. The highest BCUT2D eigenvalue weighted by Crippen LogP contribution is 2.71. The van der Waals surface area contributed by atoms with Crippen molar-refractivity contribution in [3.8, 4) is 0 Å². The Morgan fingerprint density at radius 2 is 2.00 bits per heavy atom. The lowest BCUT2D eigenvalue weighted by Crippen LogP contribution is -2.70. The Morgan fingerprint density at radius 1 is 1.30 bits per heavy atom. The minimum absolute atomic E-state index is 0.0261. The average molecular weight is 481 g/mol. The Kier molecular flexibility index (Phi) is 5.97. The zero-order valence-electron chi connectivity index (χ0n) is 19.8. The SMILES string of the molecule is CCCC(=O)O[C@]1(C(=O)CCl)[C@H](C)C[C@H]2[C@@H]3CCC4=CC(=O)C=C[C@]4(C)[C@@]3(F)[C@@H](O)C[C@@]21C. The molecule has 0 spiro atoms. The van der Waals surface area contributed by atoms with Gasteiger partial charge in [0, 0.05) is 29.1 Å². The number of fused-ring (bicyclic) bond motifs is 5. The van der Waals surface area contributed by atoms with Gasteiger partial charge in [-0.1, -0.05) is 32.4 Å². The number of Topliss-reactive ketones (excluding diaryl/α,β-unsaturated/α-hetero) is 1. The van der Waals surface area contributed by atoms with Crippen LogP contribution in [0, 0.1) is 28.6 Å². The molecule has 0 heterocycles. The summed E-state index contributed by atoms with van der Waals surface area (Å²) in [5, 5.41) is 11.5. The smallest absolute Gasteiger partial charge is 0.306 e. The minimum atomic E-state index is -1.99. The van der Waals surface area contributed by atoms with Crippen molar-refractivity contribution in [2.24, 2.45) is 28.6 Å². The van der Waals surface area contributed by atoms with Crippen LogP contribution < -0.4 is 0 Å². The summed E-state index contributed by atoms with van der Waals surface area (Å²) in [5.41, 5.74) is -4.84. The van der Waals surface area contributed by atoms with E-state index in [9.17, 15) is 19.5 Å². The molecule has 0 aromatic rings. The number of alkyl halides is 2. The number of allylic oxidation sites excluding steroid dienone is 4. The quantitative estimate of drug-likeness (QED) is 0.463. The summed E-state index contributed by atoms with van der Waals surface area (Å²) < 4.78 is 23.2. The van der Waals surface area contributed by atoms with Gasteiger partial charge in [0.1, 0.15) is 0 Å². The lowest BCUT2D eigenvalue weighted by molar-refractivity contribution is -0.227.